The zero-order valence-corrected chi connectivity index (χ0v) is 7.03. The van der Waals surface area contributed by atoms with Gasteiger partial charge in [0.1, 0.15) is 5.41 Å². The van der Waals surface area contributed by atoms with Crippen molar-refractivity contribution >= 4 is 18.4 Å². The first-order valence-electron chi connectivity index (χ1n) is 3.32. The molecule has 0 spiro atoms. The Bertz CT molecular complexity index is 171. The van der Waals surface area contributed by atoms with Crippen LogP contribution in [0.4, 0.5) is 8.78 Å². The van der Waals surface area contributed by atoms with Crippen LogP contribution in [-0.4, -0.2) is 30.6 Å². The van der Waals surface area contributed by atoms with E-state index in [0.717, 1.165) is 0 Å². The van der Waals surface area contributed by atoms with E-state index in [4.69, 9.17) is 5.11 Å². The predicted octanol–water partition coefficient (Wildman–Crippen LogP) is 0.738. The van der Waals surface area contributed by atoms with E-state index in [-0.39, 0.29) is 25.4 Å². The lowest BCUT2D eigenvalue weighted by molar-refractivity contribution is -0.157. The van der Waals surface area contributed by atoms with Crippen molar-refractivity contribution < 1.29 is 18.7 Å². The molecular weight excluding hydrogens is 192 g/mol. The van der Waals surface area contributed by atoms with E-state index >= 15 is 0 Å². The van der Waals surface area contributed by atoms with Gasteiger partial charge in [-0.2, -0.15) is 0 Å². The summed E-state index contributed by atoms with van der Waals surface area (Å²) in [6, 6.07) is 0. The molecule has 0 aromatic rings. The molecule has 1 aliphatic heterocycles. The summed E-state index contributed by atoms with van der Waals surface area (Å²) < 4.78 is 24.4. The van der Waals surface area contributed by atoms with Gasteiger partial charge in [-0.05, 0) is 13.0 Å². The Morgan fingerprint density at radius 3 is 2.33 bits per heavy atom. The van der Waals surface area contributed by atoms with Gasteiger partial charge in [-0.15, -0.1) is 12.4 Å². The molecule has 0 aliphatic carbocycles. The molecule has 3 nitrogen and oxygen atoms in total. The van der Waals surface area contributed by atoms with Crippen molar-refractivity contribution in [1.29, 1.82) is 0 Å². The summed E-state index contributed by atoms with van der Waals surface area (Å²) in [6.07, 6.45) is -2.77. The van der Waals surface area contributed by atoms with Crippen LogP contribution in [0.15, 0.2) is 0 Å². The van der Waals surface area contributed by atoms with Gasteiger partial charge in [-0.1, -0.05) is 0 Å². The maximum absolute atomic E-state index is 12.2. The quantitative estimate of drug-likeness (QED) is 0.693. The SMILES string of the molecule is Cl.O=C(O)C1(C(F)F)CCNC1. The molecule has 72 valence electrons. The van der Waals surface area contributed by atoms with Gasteiger partial charge in [0.25, 0.3) is 6.43 Å². The summed E-state index contributed by atoms with van der Waals surface area (Å²) in [5.41, 5.74) is -1.83. The molecule has 0 aromatic carbocycles. The number of carboxylic acid groups (broad SMARTS) is 1. The molecular formula is C6H10ClF2NO2. The summed E-state index contributed by atoms with van der Waals surface area (Å²) in [5, 5.41) is 11.1. The highest BCUT2D eigenvalue weighted by Gasteiger charge is 2.49. The fourth-order valence-electron chi connectivity index (χ4n) is 1.17. The van der Waals surface area contributed by atoms with Gasteiger partial charge in [0.15, 0.2) is 0 Å². The van der Waals surface area contributed by atoms with Crippen LogP contribution in [0.25, 0.3) is 0 Å². The fourth-order valence-corrected chi connectivity index (χ4v) is 1.17. The van der Waals surface area contributed by atoms with E-state index in [0.29, 0.717) is 6.54 Å². The second kappa shape index (κ2) is 4.00. The molecule has 1 atom stereocenters. The summed E-state index contributed by atoms with van der Waals surface area (Å²) in [6.45, 7) is 0.233. The minimum absolute atomic E-state index is 0. The third-order valence-electron chi connectivity index (χ3n) is 2.03. The van der Waals surface area contributed by atoms with Gasteiger partial charge in [-0.3, -0.25) is 4.79 Å². The second-order valence-electron chi connectivity index (χ2n) is 2.69. The minimum Gasteiger partial charge on any atom is -0.481 e. The summed E-state index contributed by atoms with van der Waals surface area (Å²) >= 11 is 0. The van der Waals surface area contributed by atoms with E-state index < -0.39 is 17.8 Å². The van der Waals surface area contributed by atoms with Crippen molar-refractivity contribution in [2.45, 2.75) is 12.8 Å². The highest BCUT2D eigenvalue weighted by molar-refractivity contribution is 5.85. The Morgan fingerprint density at radius 1 is 1.58 bits per heavy atom. The first-order valence-corrected chi connectivity index (χ1v) is 3.32. The smallest absolute Gasteiger partial charge is 0.316 e. The topological polar surface area (TPSA) is 49.3 Å². The van der Waals surface area contributed by atoms with Crippen molar-refractivity contribution in [1.82, 2.24) is 5.32 Å². The summed E-state index contributed by atoms with van der Waals surface area (Å²) in [5.74, 6) is -1.41. The number of carboxylic acids is 1. The normalized spacial score (nSPS) is 28.6. The van der Waals surface area contributed by atoms with Crippen LogP contribution in [0.3, 0.4) is 0 Å². The van der Waals surface area contributed by atoms with Crippen LogP contribution >= 0.6 is 12.4 Å². The van der Waals surface area contributed by atoms with Crippen molar-refractivity contribution in [3.63, 3.8) is 0 Å². The number of hydrogen-bond acceptors (Lipinski definition) is 2. The molecule has 0 aromatic heterocycles. The van der Waals surface area contributed by atoms with E-state index in [1.165, 1.54) is 0 Å². The maximum atomic E-state index is 12.2. The molecule has 1 saturated heterocycles. The summed E-state index contributed by atoms with van der Waals surface area (Å²) in [7, 11) is 0. The van der Waals surface area contributed by atoms with Crippen molar-refractivity contribution in [2.24, 2.45) is 5.41 Å². The molecule has 6 heteroatoms. The lowest BCUT2D eigenvalue weighted by Crippen LogP contribution is -2.40. The largest absolute Gasteiger partial charge is 0.481 e. The van der Waals surface area contributed by atoms with E-state index in [9.17, 15) is 13.6 Å². The number of alkyl halides is 2. The molecule has 1 heterocycles. The highest BCUT2D eigenvalue weighted by atomic mass is 35.5. The van der Waals surface area contributed by atoms with Crippen LogP contribution in [-0.2, 0) is 4.79 Å². The van der Waals surface area contributed by atoms with Gasteiger partial charge in [0.2, 0.25) is 0 Å². The molecule has 2 N–H and O–H groups in total. The van der Waals surface area contributed by atoms with E-state index in [1.54, 1.807) is 0 Å². The van der Waals surface area contributed by atoms with Gasteiger partial charge < -0.3 is 10.4 Å². The van der Waals surface area contributed by atoms with E-state index in [1.807, 2.05) is 0 Å². The number of halogens is 3. The minimum atomic E-state index is -2.78. The van der Waals surface area contributed by atoms with Crippen LogP contribution in [0.1, 0.15) is 6.42 Å². The highest BCUT2D eigenvalue weighted by Crippen LogP contribution is 2.32. The monoisotopic (exact) mass is 201 g/mol. The third kappa shape index (κ3) is 1.67. The lowest BCUT2D eigenvalue weighted by atomic mass is 9.88. The molecule has 0 amide bonds. The van der Waals surface area contributed by atoms with Gasteiger partial charge in [0.05, 0.1) is 0 Å². The van der Waals surface area contributed by atoms with Gasteiger partial charge in [0, 0.05) is 6.54 Å². The number of aliphatic carboxylic acids is 1. The van der Waals surface area contributed by atoms with Crippen molar-refractivity contribution in [2.75, 3.05) is 13.1 Å². The van der Waals surface area contributed by atoms with Gasteiger partial charge in [-0.25, -0.2) is 8.78 Å². The van der Waals surface area contributed by atoms with Crippen LogP contribution in [0.5, 0.6) is 0 Å². The van der Waals surface area contributed by atoms with Crippen molar-refractivity contribution in [3.8, 4) is 0 Å². The first-order chi connectivity index (χ1) is 5.09. The number of rotatable bonds is 2. The molecule has 1 aliphatic rings. The predicted molar refractivity (Wildman–Crippen MR) is 40.8 cm³/mol. The fraction of sp³-hybridized carbons (Fsp3) is 0.833. The Labute approximate surface area is 74.5 Å². The molecule has 1 fully saturated rings. The first kappa shape index (κ1) is 11.6. The number of carbonyl (C=O) groups is 1. The third-order valence-corrected chi connectivity index (χ3v) is 2.03. The molecule has 1 unspecified atom stereocenters. The molecule has 12 heavy (non-hydrogen) atoms. The van der Waals surface area contributed by atoms with Gasteiger partial charge >= 0.3 is 5.97 Å². The zero-order valence-electron chi connectivity index (χ0n) is 6.22. The Balaban J connectivity index is 0.00000121. The molecule has 1 rings (SSSR count). The molecule has 0 bridgehead atoms. The Hall–Kier alpha value is -0.420. The average Bonchev–Trinajstić information content (AvgIpc) is 2.34. The molecule has 0 radical (unpaired) electrons. The lowest BCUT2D eigenvalue weighted by Gasteiger charge is -2.20. The van der Waals surface area contributed by atoms with E-state index in [2.05, 4.69) is 5.32 Å². The number of nitrogens with one attached hydrogen (secondary N) is 1. The molecule has 0 saturated carbocycles. The number of hydrogen-bond donors (Lipinski definition) is 2. The van der Waals surface area contributed by atoms with Crippen LogP contribution in [0.2, 0.25) is 0 Å². The van der Waals surface area contributed by atoms with Crippen LogP contribution in [0, 0.1) is 5.41 Å². The maximum Gasteiger partial charge on any atom is 0.316 e. The zero-order chi connectivity index (χ0) is 8.48. The Morgan fingerprint density at radius 2 is 2.17 bits per heavy atom. The average molecular weight is 202 g/mol. The summed E-state index contributed by atoms with van der Waals surface area (Å²) in [4.78, 5) is 10.4. The standard InChI is InChI=1S/C6H9F2NO2.ClH/c7-4(8)6(5(10)11)1-2-9-3-6;/h4,9H,1-3H2,(H,10,11);1H. The van der Waals surface area contributed by atoms with Crippen molar-refractivity contribution in [3.05, 3.63) is 0 Å². The Kier molecular flexibility index (Phi) is 3.86. The second-order valence-corrected chi connectivity index (χ2v) is 2.69. The van der Waals surface area contributed by atoms with Crippen LogP contribution < -0.4 is 5.32 Å².